The van der Waals surface area contributed by atoms with Crippen LogP contribution in [0.2, 0.25) is 0 Å². The number of ether oxygens (including phenoxy) is 2. The van der Waals surface area contributed by atoms with Gasteiger partial charge < -0.3 is 9.47 Å². The van der Waals surface area contributed by atoms with Crippen LogP contribution in [-0.4, -0.2) is 24.8 Å². The van der Waals surface area contributed by atoms with E-state index in [1.807, 2.05) is 6.92 Å². The largest absolute Gasteiger partial charge is 0.466 e. The molecule has 0 aliphatic carbocycles. The number of esters is 1. The van der Waals surface area contributed by atoms with Gasteiger partial charge in [0.05, 0.1) is 18.8 Å². The normalized spacial score (nSPS) is 24.6. The number of carbonyl (C=O) groups is 1. The molecule has 1 unspecified atom stereocenters. The Kier molecular flexibility index (Phi) is 3.32. The summed E-state index contributed by atoms with van der Waals surface area (Å²) in [4.78, 5) is 10.9. The summed E-state index contributed by atoms with van der Waals surface area (Å²) >= 11 is 0. The molecular weight excluding hydrogens is 180 g/mol. The van der Waals surface area contributed by atoms with E-state index in [-0.39, 0.29) is 11.6 Å². The van der Waals surface area contributed by atoms with Crippen molar-refractivity contribution in [3.05, 3.63) is 11.6 Å². The van der Waals surface area contributed by atoms with Crippen LogP contribution in [0.4, 0.5) is 0 Å². The van der Waals surface area contributed by atoms with Crippen LogP contribution in [0.15, 0.2) is 11.6 Å². The van der Waals surface area contributed by atoms with Gasteiger partial charge >= 0.3 is 5.97 Å². The molecule has 0 N–H and O–H groups in total. The van der Waals surface area contributed by atoms with Crippen molar-refractivity contribution < 1.29 is 14.3 Å². The fourth-order valence-corrected chi connectivity index (χ4v) is 1.43. The summed E-state index contributed by atoms with van der Waals surface area (Å²) in [6.45, 7) is 6.10. The number of hydrogen-bond donors (Lipinski definition) is 0. The molecule has 1 fully saturated rings. The number of epoxide rings is 1. The highest BCUT2D eigenvalue weighted by Crippen LogP contribution is 2.38. The molecule has 1 heterocycles. The SMILES string of the molecule is COC(=O)/C=C(\C)CCC1OC1(C)C. The molecule has 0 amide bonds. The molecule has 80 valence electrons. The molecule has 1 saturated heterocycles. The van der Waals surface area contributed by atoms with Crippen LogP contribution in [0.25, 0.3) is 0 Å². The van der Waals surface area contributed by atoms with E-state index in [0.717, 1.165) is 18.4 Å². The first-order valence-electron chi connectivity index (χ1n) is 4.88. The first-order chi connectivity index (χ1) is 6.45. The van der Waals surface area contributed by atoms with Crippen LogP contribution in [0.5, 0.6) is 0 Å². The molecule has 3 nitrogen and oxygen atoms in total. The average molecular weight is 198 g/mol. The van der Waals surface area contributed by atoms with Crippen molar-refractivity contribution in [1.82, 2.24) is 0 Å². The zero-order chi connectivity index (χ0) is 10.8. The lowest BCUT2D eigenvalue weighted by Gasteiger charge is -1.99. The second kappa shape index (κ2) is 4.13. The Labute approximate surface area is 85.1 Å². The maximum atomic E-state index is 10.9. The number of rotatable bonds is 4. The lowest BCUT2D eigenvalue weighted by Crippen LogP contribution is -2.03. The van der Waals surface area contributed by atoms with Gasteiger partial charge in [-0.3, -0.25) is 0 Å². The highest BCUT2D eigenvalue weighted by Gasteiger charge is 2.46. The third-order valence-electron chi connectivity index (χ3n) is 2.53. The van der Waals surface area contributed by atoms with Crippen LogP contribution in [0, 0.1) is 0 Å². The van der Waals surface area contributed by atoms with Gasteiger partial charge in [0.25, 0.3) is 0 Å². The van der Waals surface area contributed by atoms with Gasteiger partial charge in [-0.2, -0.15) is 0 Å². The van der Waals surface area contributed by atoms with Crippen molar-refractivity contribution in [1.29, 1.82) is 0 Å². The van der Waals surface area contributed by atoms with Gasteiger partial charge in [-0.1, -0.05) is 5.57 Å². The highest BCUT2D eigenvalue weighted by molar-refractivity contribution is 5.82. The Bertz CT molecular complexity index is 253. The summed E-state index contributed by atoms with van der Waals surface area (Å²) in [5.41, 5.74) is 1.09. The topological polar surface area (TPSA) is 38.8 Å². The van der Waals surface area contributed by atoms with E-state index < -0.39 is 0 Å². The van der Waals surface area contributed by atoms with Gasteiger partial charge in [0.1, 0.15) is 0 Å². The summed E-state index contributed by atoms with van der Waals surface area (Å²) in [6, 6.07) is 0. The molecule has 14 heavy (non-hydrogen) atoms. The third kappa shape index (κ3) is 3.14. The molecule has 1 aliphatic heterocycles. The predicted octanol–water partition coefficient (Wildman–Crippen LogP) is 2.06. The van der Waals surface area contributed by atoms with Crippen molar-refractivity contribution in [2.45, 2.75) is 45.3 Å². The smallest absolute Gasteiger partial charge is 0.330 e. The maximum absolute atomic E-state index is 10.9. The van der Waals surface area contributed by atoms with Gasteiger partial charge in [0.2, 0.25) is 0 Å². The fourth-order valence-electron chi connectivity index (χ4n) is 1.43. The molecule has 1 atom stereocenters. The number of carbonyl (C=O) groups excluding carboxylic acids is 1. The Hall–Kier alpha value is -0.830. The summed E-state index contributed by atoms with van der Waals surface area (Å²) in [5.74, 6) is -0.279. The molecular formula is C11H18O3. The molecule has 3 heteroatoms. The summed E-state index contributed by atoms with van der Waals surface area (Å²) < 4.78 is 9.98. The van der Waals surface area contributed by atoms with Gasteiger partial charge in [-0.05, 0) is 33.6 Å². The molecule has 0 bridgehead atoms. The molecule has 0 saturated carbocycles. The van der Waals surface area contributed by atoms with Gasteiger partial charge in [-0.15, -0.1) is 0 Å². The van der Waals surface area contributed by atoms with Gasteiger partial charge in [0, 0.05) is 6.08 Å². The van der Waals surface area contributed by atoms with Crippen LogP contribution < -0.4 is 0 Å². The standard InChI is InChI=1S/C11H18O3/c1-8(7-10(12)13-4)5-6-9-11(2,3)14-9/h7,9H,5-6H2,1-4H3/b8-7+. The van der Waals surface area contributed by atoms with Gasteiger partial charge in [-0.25, -0.2) is 4.79 Å². The van der Waals surface area contributed by atoms with Crippen LogP contribution in [-0.2, 0) is 14.3 Å². The molecule has 0 aromatic carbocycles. The van der Waals surface area contributed by atoms with Crippen molar-refractivity contribution in [2.24, 2.45) is 0 Å². The second-order valence-corrected chi connectivity index (χ2v) is 4.26. The van der Waals surface area contributed by atoms with E-state index in [4.69, 9.17) is 4.74 Å². The molecule has 0 radical (unpaired) electrons. The Morgan fingerprint density at radius 2 is 2.14 bits per heavy atom. The van der Waals surface area contributed by atoms with Crippen LogP contribution in [0.3, 0.4) is 0 Å². The fraction of sp³-hybridized carbons (Fsp3) is 0.727. The molecule has 1 aliphatic rings. The van der Waals surface area contributed by atoms with Crippen LogP contribution in [0.1, 0.15) is 33.6 Å². The third-order valence-corrected chi connectivity index (χ3v) is 2.53. The van der Waals surface area contributed by atoms with E-state index in [1.165, 1.54) is 13.2 Å². The second-order valence-electron chi connectivity index (χ2n) is 4.26. The first kappa shape index (κ1) is 11.2. The summed E-state index contributed by atoms with van der Waals surface area (Å²) in [5, 5.41) is 0. The highest BCUT2D eigenvalue weighted by atomic mass is 16.6. The molecule has 0 aromatic rings. The molecule has 1 rings (SSSR count). The van der Waals surface area contributed by atoms with Crippen LogP contribution >= 0.6 is 0 Å². The predicted molar refractivity (Wildman–Crippen MR) is 54.0 cm³/mol. The summed E-state index contributed by atoms with van der Waals surface area (Å²) in [7, 11) is 1.39. The molecule has 0 aromatic heterocycles. The molecule has 0 spiro atoms. The van der Waals surface area contributed by atoms with Crippen molar-refractivity contribution in [3.8, 4) is 0 Å². The average Bonchev–Trinajstić information content (AvgIpc) is 2.70. The van der Waals surface area contributed by atoms with Crippen molar-refractivity contribution in [2.75, 3.05) is 7.11 Å². The van der Waals surface area contributed by atoms with E-state index in [2.05, 4.69) is 18.6 Å². The zero-order valence-electron chi connectivity index (χ0n) is 9.29. The monoisotopic (exact) mass is 198 g/mol. The minimum atomic E-state index is -0.279. The Morgan fingerprint density at radius 1 is 1.57 bits per heavy atom. The lowest BCUT2D eigenvalue weighted by atomic mass is 10.0. The Morgan fingerprint density at radius 3 is 2.57 bits per heavy atom. The van der Waals surface area contributed by atoms with E-state index in [0.29, 0.717) is 6.10 Å². The minimum absolute atomic E-state index is 0.0472. The minimum Gasteiger partial charge on any atom is -0.466 e. The van der Waals surface area contributed by atoms with Gasteiger partial charge in [0.15, 0.2) is 0 Å². The lowest BCUT2D eigenvalue weighted by molar-refractivity contribution is -0.134. The first-order valence-corrected chi connectivity index (χ1v) is 4.88. The summed E-state index contributed by atoms with van der Waals surface area (Å²) in [6.07, 6.45) is 3.76. The van der Waals surface area contributed by atoms with E-state index >= 15 is 0 Å². The number of allylic oxidation sites excluding steroid dienone is 1. The number of hydrogen-bond acceptors (Lipinski definition) is 3. The van der Waals surface area contributed by atoms with E-state index in [9.17, 15) is 4.79 Å². The quantitative estimate of drug-likeness (QED) is 0.394. The van der Waals surface area contributed by atoms with Crippen molar-refractivity contribution >= 4 is 5.97 Å². The number of methoxy groups -OCH3 is 1. The maximum Gasteiger partial charge on any atom is 0.330 e. The van der Waals surface area contributed by atoms with E-state index in [1.54, 1.807) is 0 Å². The Balaban J connectivity index is 2.25. The zero-order valence-corrected chi connectivity index (χ0v) is 9.29. The van der Waals surface area contributed by atoms with Crippen molar-refractivity contribution in [3.63, 3.8) is 0 Å².